The van der Waals surface area contributed by atoms with Gasteiger partial charge < -0.3 is 5.32 Å². The van der Waals surface area contributed by atoms with Crippen LogP contribution in [-0.4, -0.2) is 29.5 Å². The third kappa shape index (κ3) is 4.38. The van der Waals surface area contributed by atoms with Crippen molar-refractivity contribution in [2.75, 3.05) is 18.9 Å². The smallest absolute Gasteiger partial charge is 0.0543 e. The van der Waals surface area contributed by atoms with Gasteiger partial charge in [0.2, 0.25) is 0 Å². The number of para-hydroxylation sites is 1. The third-order valence-electron chi connectivity index (χ3n) is 3.27. The number of likely N-dealkylation sites (N-methyl/N-ethyl adjacent to an activating group) is 1. The summed E-state index contributed by atoms with van der Waals surface area (Å²) in [6, 6.07) is 16.8. The SMILES string of the molecule is CC(CNc1ccccc1)N(C)Cc1ccccn1. The van der Waals surface area contributed by atoms with Gasteiger partial charge in [-0.3, -0.25) is 9.88 Å². The molecule has 0 aliphatic rings. The summed E-state index contributed by atoms with van der Waals surface area (Å²) in [5.41, 5.74) is 2.28. The largest absolute Gasteiger partial charge is 0.383 e. The fraction of sp³-hybridized carbons (Fsp3) is 0.312. The highest BCUT2D eigenvalue weighted by Crippen LogP contribution is 2.07. The van der Waals surface area contributed by atoms with Crippen molar-refractivity contribution in [2.24, 2.45) is 0 Å². The lowest BCUT2D eigenvalue weighted by Crippen LogP contribution is -2.34. The Morgan fingerprint density at radius 1 is 1.11 bits per heavy atom. The van der Waals surface area contributed by atoms with E-state index in [1.807, 2.05) is 36.5 Å². The molecular formula is C16H21N3. The molecule has 19 heavy (non-hydrogen) atoms. The Kier molecular flexibility index (Phi) is 4.93. The quantitative estimate of drug-likeness (QED) is 0.860. The van der Waals surface area contributed by atoms with Crippen LogP contribution in [0.3, 0.4) is 0 Å². The maximum Gasteiger partial charge on any atom is 0.0543 e. The van der Waals surface area contributed by atoms with Crippen LogP contribution in [0.2, 0.25) is 0 Å². The minimum Gasteiger partial charge on any atom is -0.383 e. The van der Waals surface area contributed by atoms with Crippen LogP contribution in [0, 0.1) is 0 Å². The zero-order valence-electron chi connectivity index (χ0n) is 11.6. The van der Waals surface area contributed by atoms with Gasteiger partial charge in [0.25, 0.3) is 0 Å². The molecule has 1 aromatic carbocycles. The molecule has 0 amide bonds. The monoisotopic (exact) mass is 255 g/mol. The van der Waals surface area contributed by atoms with E-state index in [-0.39, 0.29) is 0 Å². The Morgan fingerprint density at radius 2 is 1.84 bits per heavy atom. The third-order valence-corrected chi connectivity index (χ3v) is 3.27. The van der Waals surface area contributed by atoms with E-state index in [9.17, 15) is 0 Å². The van der Waals surface area contributed by atoms with Gasteiger partial charge in [-0.25, -0.2) is 0 Å². The number of hydrogen-bond donors (Lipinski definition) is 1. The van der Waals surface area contributed by atoms with Crippen LogP contribution < -0.4 is 5.32 Å². The topological polar surface area (TPSA) is 28.2 Å². The van der Waals surface area contributed by atoms with Crippen molar-refractivity contribution in [3.8, 4) is 0 Å². The van der Waals surface area contributed by atoms with Crippen LogP contribution >= 0.6 is 0 Å². The summed E-state index contributed by atoms with van der Waals surface area (Å²) in [6.07, 6.45) is 1.84. The number of aromatic nitrogens is 1. The van der Waals surface area contributed by atoms with Gasteiger partial charge in [-0.15, -0.1) is 0 Å². The lowest BCUT2D eigenvalue weighted by atomic mass is 10.2. The van der Waals surface area contributed by atoms with Crippen LogP contribution in [0.15, 0.2) is 54.7 Å². The molecule has 3 nitrogen and oxygen atoms in total. The zero-order chi connectivity index (χ0) is 13.5. The first kappa shape index (κ1) is 13.6. The Labute approximate surface area is 115 Å². The average Bonchev–Trinajstić information content (AvgIpc) is 2.47. The summed E-state index contributed by atoms with van der Waals surface area (Å²) >= 11 is 0. The van der Waals surface area contributed by atoms with Crippen molar-refractivity contribution in [3.05, 3.63) is 60.4 Å². The second kappa shape index (κ2) is 6.90. The standard InChI is InChI=1S/C16H21N3/c1-14(12-18-15-8-4-3-5-9-15)19(2)13-16-10-6-7-11-17-16/h3-11,14,18H,12-13H2,1-2H3. The Balaban J connectivity index is 1.81. The van der Waals surface area contributed by atoms with Gasteiger partial charge in [0.15, 0.2) is 0 Å². The zero-order valence-corrected chi connectivity index (χ0v) is 11.6. The first-order chi connectivity index (χ1) is 9.25. The summed E-state index contributed by atoms with van der Waals surface area (Å²) < 4.78 is 0. The maximum absolute atomic E-state index is 4.36. The molecule has 0 saturated heterocycles. The van der Waals surface area contributed by atoms with E-state index in [0.29, 0.717) is 6.04 Å². The molecule has 0 fully saturated rings. The summed E-state index contributed by atoms with van der Waals surface area (Å²) in [7, 11) is 2.13. The molecule has 0 saturated carbocycles. The Morgan fingerprint density at radius 3 is 2.53 bits per heavy atom. The molecule has 2 rings (SSSR count). The van der Waals surface area contributed by atoms with Crippen molar-refractivity contribution < 1.29 is 0 Å². The number of rotatable bonds is 6. The van der Waals surface area contributed by atoms with E-state index in [4.69, 9.17) is 0 Å². The predicted octanol–water partition coefficient (Wildman–Crippen LogP) is 3.01. The maximum atomic E-state index is 4.36. The number of nitrogens with zero attached hydrogens (tertiary/aromatic N) is 2. The highest BCUT2D eigenvalue weighted by Gasteiger charge is 2.09. The highest BCUT2D eigenvalue weighted by atomic mass is 15.1. The lowest BCUT2D eigenvalue weighted by molar-refractivity contribution is 0.256. The molecule has 0 spiro atoms. The van der Waals surface area contributed by atoms with Crippen molar-refractivity contribution in [3.63, 3.8) is 0 Å². The molecule has 100 valence electrons. The summed E-state index contributed by atoms with van der Waals surface area (Å²) in [5.74, 6) is 0. The molecule has 0 aliphatic heterocycles. The molecule has 2 aromatic rings. The van der Waals surface area contributed by atoms with E-state index in [1.165, 1.54) is 5.69 Å². The fourth-order valence-electron chi connectivity index (χ4n) is 1.88. The minimum atomic E-state index is 0.446. The Bertz CT molecular complexity index is 470. The van der Waals surface area contributed by atoms with E-state index in [2.05, 4.69) is 47.4 Å². The van der Waals surface area contributed by atoms with Crippen LogP contribution in [0.5, 0.6) is 0 Å². The highest BCUT2D eigenvalue weighted by molar-refractivity contribution is 5.42. The lowest BCUT2D eigenvalue weighted by Gasteiger charge is -2.25. The first-order valence-electron chi connectivity index (χ1n) is 6.65. The van der Waals surface area contributed by atoms with Crippen molar-refractivity contribution >= 4 is 5.69 Å². The molecule has 1 atom stereocenters. The van der Waals surface area contributed by atoms with Gasteiger partial charge in [-0.1, -0.05) is 24.3 Å². The number of hydrogen-bond acceptors (Lipinski definition) is 3. The number of benzene rings is 1. The predicted molar refractivity (Wildman–Crippen MR) is 80.1 cm³/mol. The van der Waals surface area contributed by atoms with Crippen LogP contribution in [0.25, 0.3) is 0 Å². The first-order valence-corrected chi connectivity index (χ1v) is 6.65. The van der Waals surface area contributed by atoms with Crippen LogP contribution in [-0.2, 0) is 6.54 Å². The van der Waals surface area contributed by atoms with E-state index in [1.54, 1.807) is 0 Å². The molecule has 0 aliphatic carbocycles. The van der Waals surface area contributed by atoms with Gasteiger partial charge in [-0.2, -0.15) is 0 Å². The molecule has 1 heterocycles. The van der Waals surface area contributed by atoms with Gasteiger partial charge in [0.1, 0.15) is 0 Å². The number of pyridine rings is 1. The van der Waals surface area contributed by atoms with E-state index >= 15 is 0 Å². The second-order valence-corrected chi connectivity index (χ2v) is 4.83. The molecule has 0 bridgehead atoms. The van der Waals surface area contributed by atoms with Crippen molar-refractivity contribution in [1.29, 1.82) is 0 Å². The van der Waals surface area contributed by atoms with Crippen molar-refractivity contribution in [1.82, 2.24) is 9.88 Å². The molecular weight excluding hydrogens is 234 g/mol. The van der Waals surface area contributed by atoms with E-state index in [0.717, 1.165) is 18.8 Å². The Hall–Kier alpha value is -1.87. The summed E-state index contributed by atoms with van der Waals surface area (Å²) in [6.45, 7) is 4.02. The molecule has 1 unspecified atom stereocenters. The van der Waals surface area contributed by atoms with Crippen molar-refractivity contribution in [2.45, 2.75) is 19.5 Å². The molecule has 1 N–H and O–H groups in total. The van der Waals surface area contributed by atoms with Crippen LogP contribution in [0.1, 0.15) is 12.6 Å². The van der Waals surface area contributed by atoms with Gasteiger partial charge >= 0.3 is 0 Å². The minimum absolute atomic E-state index is 0.446. The summed E-state index contributed by atoms with van der Waals surface area (Å²) in [5, 5.41) is 3.45. The van der Waals surface area contributed by atoms with Gasteiger partial charge in [0, 0.05) is 31.0 Å². The number of anilines is 1. The number of nitrogens with one attached hydrogen (secondary N) is 1. The second-order valence-electron chi connectivity index (χ2n) is 4.83. The normalized spacial score (nSPS) is 12.4. The summed E-state index contributed by atoms with van der Waals surface area (Å²) in [4.78, 5) is 6.66. The molecule has 0 radical (unpaired) electrons. The molecule has 3 heteroatoms. The fourth-order valence-corrected chi connectivity index (χ4v) is 1.88. The molecule has 1 aromatic heterocycles. The van der Waals surface area contributed by atoms with Crippen LogP contribution in [0.4, 0.5) is 5.69 Å². The van der Waals surface area contributed by atoms with E-state index < -0.39 is 0 Å². The van der Waals surface area contributed by atoms with Gasteiger partial charge in [-0.05, 0) is 38.2 Å². The average molecular weight is 255 g/mol. The van der Waals surface area contributed by atoms with Gasteiger partial charge in [0.05, 0.1) is 5.69 Å².